The van der Waals surface area contributed by atoms with Gasteiger partial charge in [0.2, 0.25) is 18.6 Å². The highest BCUT2D eigenvalue weighted by Gasteiger charge is 2.18. The summed E-state index contributed by atoms with van der Waals surface area (Å²) in [7, 11) is 1.59. The Labute approximate surface area is 169 Å². The lowest BCUT2D eigenvalue weighted by atomic mass is 10.1. The number of nitrogens with one attached hydrogen (secondary N) is 1. The van der Waals surface area contributed by atoms with Gasteiger partial charge in [-0.3, -0.25) is 9.59 Å². The number of rotatable bonds is 9. The summed E-state index contributed by atoms with van der Waals surface area (Å²) >= 11 is 0. The van der Waals surface area contributed by atoms with E-state index in [0.717, 1.165) is 11.3 Å². The molecule has 0 bridgehead atoms. The van der Waals surface area contributed by atoms with Gasteiger partial charge in [0.1, 0.15) is 5.75 Å². The van der Waals surface area contributed by atoms with Crippen LogP contribution in [-0.4, -0.2) is 38.8 Å². The van der Waals surface area contributed by atoms with Crippen molar-refractivity contribution in [2.24, 2.45) is 5.73 Å². The topological polar surface area (TPSA) is 103 Å². The molecule has 0 unspecified atom stereocenters. The van der Waals surface area contributed by atoms with Gasteiger partial charge in [-0.2, -0.15) is 0 Å². The van der Waals surface area contributed by atoms with Crippen molar-refractivity contribution in [3.63, 3.8) is 0 Å². The van der Waals surface area contributed by atoms with Gasteiger partial charge in [-0.15, -0.1) is 0 Å². The lowest BCUT2D eigenvalue weighted by molar-refractivity contribution is -0.121. The van der Waals surface area contributed by atoms with Crippen molar-refractivity contribution in [3.05, 3.63) is 48.0 Å². The Morgan fingerprint density at radius 3 is 2.59 bits per heavy atom. The van der Waals surface area contributed by atoms with Gasteiger partial charge in [-0.25, -0.2) is 0 Å². The molecule has 0 aromatic heterocycles. The molecular formula is C21H25N3O5. The molecule has 3 N–H and O–H groups in total. The number of benzene rings is 2. The van der Waals surface area contributed by atoms with Gasteiger partial charge in [0.15, 0.2) is 11.5 Å². The van der Waals surface area contributed by atoms with Crippen molar-refractivity contribution in [1.29, 1.82) is 0 Å². The minimum absolute atomic E-state index is 0.0918. The maximum atomic E-state index is 12.7. The minimum Gasteiger partial charge on any atom is -0.497 e. The number of hydrogen-bond acceptors (Lipinski definition) is 6. The number of hydrogen-bond donors (Lipinski definition) is 2. The number of nitrogens with zero attached hydrogens (tertiary/aromatic N) is 1. The summed E-state index contributed by atoms with van der Waals surface area (Å²) in [4.78, 5) is 25.7. The lowest BCUT2D eigenvalue weighted by Gasteiger charge is -2.25. The van der Waals surface area contributed by atoms with E-state index in [2.05, 4.69) is 5.32 Å². The molecule has 0 aliphatic carbocycles. The molecule has 154 valence electrons. The van der Waals surface area contributed by atoms with Gasteiger partial charge in [0, 0.05) is 18.7 Å². The number of carbonyl (C=O) groups excluding carboxylic acids is 2. The smallest absolute Gasteiger partial charge is 0.239 e. The van der Waals surface area contributed by atoms with Crippen molar-refractivity contribution in [2.45, 2.75) is 19.4 Å². The van der Waals surface area contributed by atoms with E-state index < -0.39 is 5.91 Å². The Morgan fingerprint density at radius 2 is 1.90 bits per heavy atom. The molecule has 8 heteroatoms. The first-order valence-corrected chi connectivity index (χ1v) is 9.32. The van der Waals surface area contributed by atoms with E-state index in [-0.39, 0.29) is 31.7 Å². The number of nitrogens with two attached hydrogens (primary N) is 1. The Hall–Kier alpha value is -3.42. The van der Waals surface area contributed by atoms with Crippen molar-refractivity contribution < 1.29 is 23.8 Å². The fourth-order valence-electron chi connectivity index (χ4n) is 3.06. The molecule has 1 aliphatic heterocycles. The van der Waals surface area contributed by atoms with E-state index >= 15 is 0 Å². The zero-order valence-corrected chi connectivity index (χ0v) is 16.5. The summed E-state index contributed by atoms with van der Waals surface area (Å²) in [5.41, 5.74) is 7.00. The predicted molar refractivity (Wildman–Crippen MR) is 108 cm³/mol. The molecule has 2 aromatic carbocycles. The number of carbonyl (C=O) groups is 2. The molecule has 1 atom stereocenters. The Morgan fingerprint density at radius 1 is 1.17 bits per heavy atom. The summed E-state index contributed by atoms with van der Waals surface area (Å²) in [5.74, 6) is 1.49. The molecule has 29 heavy (non-hydrogen) atoms. The Bertz CT molecular complexity index is 869. The third-order valence-electron chi connectivity index (χ3n) is 4.67. The van der Waals surface area contributed by atoms with Crippen molar-refractivity contribution in [3.8, 4) is 17.2 Å². The predicted octanol–water partition coefficient (Wildman–Crippen LogP) is 1.98. The molecule has 0 saturated carbocycles. The van der Waals surface area contributed by atoms with Crippen LogP contribution in [0.1, 0.15) is 24.9 Å². The Balaban J connectivity index is 1.65. The molecule has 2 aromatic rings. The standard InChI is InChI=1S/C21H25N3O5/c1-14(15-3-8-18-19(11-15)29-13-28-18)23-21(26)12-24(10-9-20(22)25)16-4-6-17(27-2)7-5-16/h3-8,11,14H,9-10,12-13H2,1-2H3,(H2,22,25)(H,23,26)/t14-/m1/s1. The summed E-state index contributed by atoms with van der Waals surface area (Å²) in [6.45, 7) is 2.54. The van der Waals surface area contributed by atoms with Crippen LogP contribution in [0.15, 0.2) is 42.5 Å². The van der Waals surface area contributed by atoms with Gasteiger partial charge >= 0.3 is 0 Å². The first kappa shape index (κ1) is 20.3. The highest BCUT2D eigenvalue weighted by Crippen LogP contribution is 2.34. The SMILES string of the molecule is COc1ccc(N(CCC(N)=O)CC(=O)N[C@H](C)c2ccc3c(c2)OCO3)cc1. The molecule has 3 rings (SSSR count). The number of methoxy groups -OCH3 is 1. The van der Waals surface area contributed by atoms with Crippen LogP contribution in [0.3, 0.4) is 0 Å². The number of primary amides is 1. The molecule has 0 radical (unpaired) electrons. The number of fused-ring (bicyclic) bond motifs is 1. The largest absolute Gasteiger partial charge is 0.497 e. The monoisotopic (exact) mass is 399 g/mol. The molecular weight excluding hydrogens is 374 g/mol. The molecule has 1 aliphatic rings. The molecule has 0 spiro atoms. The second kappa shape index (κ2) is 9.18. The second-order valence-corrected chi connectivity index (χ2v) is 6.74. The number of anilines is 1. The van der Waals surface area contributed by atoms with Crippen molar-refractivity contribution in [1.82, 2.24) is 5.32 Å². The quantitative estimate of drug-likeness (QED) is 0.668. The third kappa shape index (κ3) is 5.31. The summed E-state index contributed by atoms with van der Waals surface area (Å²) in [5, 5.41) is 2.98. The van der Waals surface area contributed by atoms with Gasteiger partial charge < -0.3 is 30.2 Å². The van der Waals surface area contributed by atoms with E-state index in [1.165, 1.54) is 0 Å². The number of amides is 2. The average Bonchev–Trinajstić information content (AvgIpc) is 3.19. The minimum atomic E-state index is -0.419. The van der Waals surface area contributed by atoms with Crippen LogP contribution < -0.4 is 30.2 Å². The van der Waals surface area contributed by atoms with Gasteiger partial charge in [0.25, 0.3) is 0 Å². The van der Waals surface area contributed by atoms with Crippen LogP contribution in [0.25, 0.3) is 0 Å². The van der Waals surface area contributed by atoms with Gasteiger partial charge in [-0.05, 0) is 48.9 Å². The summed E-state index contributed by atoms with van der Waals surface area (Å²) in [6.07, 6.45) is 0.150. The van der Waals surface area contributed by atoms with Crippen LogP contribution in [0.2, 0.25) is 0 Å². The highest BCUT2D eigenvalue weighted by atomic mass is 16.7. The maximum Gasteiger partial charge on any atom is 0.239 e. The number of ether oxygens (including phenoxy) is 3. The Kier molecular flexibility index (Phi) is 6.43. The van der Waals surface area contributed by atoms with Crippen LogP contribution in [0.4, 0.5) is 5.69 Å². The molecule has 0 saturated heterocycles. The van der Waals surface area contributed by atoms with Crippen LogP contribution in [0, 0.1) is 0 Å². The second-order valence-electron chi connectivity index (χ2n) is 6.74. The van der Waals surface area contributed by atoms with E-state index in [1.54, 1.807) is 19.2 Å². The van der Waals surface area contributed by atoms with Gasteiger partial charge in [-0.1, -0.05) is 6.07 Å². The van der Waals surface area contributed by atoms with E-state index in [1.807, 2.05) is 42.2 Å². The summed E-state index contributed by atoms with van der Waals surface area (Å²) < 4.78 is 15.9. The van der Waals surface area contributed by atoms with E-state index in [9.17, 15) is 9.59 Å². The highest BCUT2D eigenvalue weighted by molar-refractivity contribution is 5.82. The fourth-order valence-corrected chi connectivity index (χ4v) is 3.06. The van der Waals surface area contributed by atoms with Crippen molar-refractivity contribution >= 4 is 17.5 Å². The molecule has 0 fully saturated rings. The van der Waals surface area contributed by atoms with E-state index in [0.29, 0.717) is 23.8 Å². The lowest BCUT2D eigenvalue weighted by Crippen LogP contribution is -2.39. The fraction of sp³-hybridized carbons (Fsp3) is 0.333. The molecule has 2 amide bonds. The first-order valence-electron chi connectivity index (χ1n) is 9.32. The zero-order chi connectivity index (χ0) is 20.8. The zero-order valence-electron chi connectivity index (χ0n) is 16.5. The molecule has 8 nitrogen and oxygen atoms in total. The van der Waals surface area contributed by atoms with E-state index in [4.69, 9.17) is 19.9 Å². The first-order chi connectivity index (χ1) is 14.0. The average molecular weight is 399 g/mol. The van der Waals surface area contributed by atoms with Gasteiger partial charge in [0.05, 0.1) is 19.7 Å². The maximum absolute atomic E-state index is 12.7. The normalized spacial score (nSPS) is 12.9. The van der Waals surface area contributed by atoms with Crippen LogP contribution in [-0.2, 0) is 9.59 Å². The summed E-state index contributed by atoms with van der Waals surface area (Å²) in [6, 6.07) is 12.7. The van der Waals surface area contributed by atoms with Crippen molar-refractivity contribution in [2.75, 3.05) is 31.9 Å². The van der Waals surface area contributed by atoms with Crippen LogP contribution in [0.5, 0.6) is 17.2 Å². The molecule has 1 heterocycles. The third-order valence-corrected chi connectivity index (χ3v) is 4.67. The van der Waals surface area contributed by atoms with Crippen LogP contribution >= 0.6 is 0 Å².